The number of carbonyl (C=O) groups excluding carboxylic acids is 1. The molecular weight excluding hydrogens is 397 g/mol. The molecule has 1 atom stereocenters. The van der Waals surface area contributed by atoms with Gasteiger partial charge in [-0.05, 0) is 63.1 Å². The van der Waals surface area contributed by atoms with Gasteiger partial charge in [0, 0.05) is 36.3 Å². The van der Waals surface area contributed by atoms with Crippen molar-refractivity contribution in [1.29, 1.82) is 0 Å². The lowest BCUT2D eigenvalue weighted by Gasteiger charge is -2.41. The van der Waals surface area contributed by atoms with Crippen molar-refractivity contribution in [2.24, 2.45) is 0 Å². The average Bonchev–Trinajstić information content (AvgIpc) is 3.63. The van der Waals surface area contributed by atoms with Gasteiger partial charge in [0.15, 0.2) is 5.60 Å². The highest BCUT2D eigenvalue weighted by Crippen LogP contribution is 2.44. The van der Waals surface area contributed by atoms with Gasteiger partial charge in [0.05, 0.1) is 6.61 Å². The van der Waals surface area contributed by atoms with Gasteiger partial charge in [0.1, 0.15) is 0 Å². The molecule has 2 saturated carbocycles. The van der Waals surface area contributed by atoms with Gasteiger partial charge in [0.25, 0.3) is 5.91 Å². The number of aliphatic hydroxyl groups is 2. The Hall–Kier alpha value is -1.64. The first kappa shape index (κ1) is 21.6. The zero-order chi connectivity index (χ0) is 21.7. The lowest BCUT2D eigenvalue weighted by Crippen LogP contribution is -2.52. The largest absolute Gasteiger partial charge is 0.421 e. The third-order valence-electron chi connectivity index (χ3n) is 7.07. The van der Waals surface area contributed by atoms with Gasteiger partial charge in [-0.3, -0.25) is 9.69 Å². The third kappa shape index (κ3) is 3.85. The molecule has 3 fully saturated rings. The molecule has 4 rings (SSSR count). The van der Waals surface area contributed by atoms with Gasteiger partial charge >= 0.3 is 6.18 Å². The molecule has 1 aromatic carbocycles. The Morgan fingerprint density at radius 3 is 2.07 bits per heavy atom. The summed E-state index contributed by atoms with van der Waals surface area (Å²) in [6.07, 6.45) is 0.831. The summed E-state index contributed by atoms with van der Waals surface area (Å²) >= 11 is 0. The normalized spacial score (nSPS) is 24.3. The van der Waals surface area contributed by atoms with Crippen molar-refractivity contribution in [2.75, 3.05) is 19.7 Å². The smallest absolute Gasteiger partial charge is 0.394 e. The number of amides is 1. The van der Waals surface area contributed by atoms with Crippen LogP contribution in [0, 0.1) is 0 Å². The summed E-state index contributed by atoms with van der Waals surface area (Å²) in [5, 5.41) is 19.5. The van der Waals surface area contributed by atoms with Crippen molar-refractivity contribution in [3.05, 3.63) is 35.4 Å². The topological polar surface area (TPSA) is 64.0 Å². The number of carbonyl (C=O) groups is 1. The van der Waals surface area contributed by atoms with Crippen LogP contribution in [0.15, 0.2) is 24.3 Å². The van der Waals surface area contributed by atoms with Crippen LogP contribution in [0.25, 0.3) is 0 Å². The van der Waals surface area contributed by atoms with Crippen molar-refractivity contribution in [3.8, 4) is 0 Å². The molecule has 0 radical (unpaired) electrons. The van der Waals surface area contributed by atoms with Crippen molar-refractivity contribution in [1.82, 2.24) is 9.80 Å². The van der Waals surface area contributed by atoms with E-state index in [-0.39, 0.29) is 35.7 Å². The number of aliphatic hydroxyl groups excluding tert-OH is 1. The fourth-order valence-corrected chi connectivity index (χ4v) is 4.57. The summed E-state index contributed by atoms with van der Waals surface area (Å²) in [6, 6.07) is 5.44. The van der Waals surface area contributed by atoms with Gasteiger partial charge in [-0.2, -0.15) is 13.2 Å². The number of alkyl halides is 3. The highest BCUT2D eigenvalue weighted by atomic mass is 19.4. The summed E-state index contributed by atoms with van der Waals surface area (Å²) in [5.74, 6) is -0.155. The second kappa shape index (κ2) is 7.50. The number of halogens is 3. The molecule has 0 bridgehead atoms. The van der Waals surface area contributed by atoms with Crippen LogP contribution >= 0.6 is 0 Å². The van der Waals surface area contributed by atoms with Crippen LogP contribution in [0.2, 0.25) is 0 Å². The maximum atomic E-state index is 13.2. The molecule has 1 aliphatic heterocycles. The summed E-state index contributed by atoms with van der Waals surface area (Å²) in [5.41, 5.74) is -2.94. The fourth-order valence-electron chi connectivity index (χ4n) is 4.57. The number of rotatable bonds is 6. The quantitative estimate of drug-likeness (QED) is 0.734. The van der Waals surface area contributed by atoms with Crippen molar-refractivity contribution in [2.45, 2.75) is 74.8 Å². The highest BCUT2D eigenvalue weighted by Gasteiger charge is 2.51. The predicted octanol–water partition coefficient (Wildman–Crippen LogP) is 3.05. The number of hydrogen-bond acceptors (Lipinski definition) is 4. The molecule has 0 unspecified atom stereocenters. The van der Waals surface area contributed by atoms with Gasteiger partial charge in [-0.1, -0.05) is 12.1 Å². The van der Waals surface area contributed by atoms with E-state index >= 15 is 0 Å². The summed E-state index contributed by atoms with van der Waals surface area (Å²) < 4.78 is 39.2. The lowest BCUT2D eigenvalue weighted by atomic mass is 9.94. The molecule has 8 heteroatoms. The molecule has 0 aromatic heterocycles. The van der Waals surface area contributed by atoms with Gasteiger partial charge in [-0.15, -0.1) is 0 Å². The van der Waals surface area contributed by atoms with Gasteiger partial charge in [0.2, 0.25) is 0 Å². The molecule has 1 heterocycles. The summed E-state index contributed by atoms with van der Waals surface area (Å²) in [6.45, 7) is 2.58. The van der Waals surface area contributed by atoms with E-state index in [2.05, 4.69) is 4.90 Å². The molecule has 0 spiro atoms. The Morgan fingerprint density at radius 1 is 1.10 bits per heavy atom. The maximum absolute atomic E-state index is 13.2. The van der Waals surface area contributed by atoms with E-state index in [0.29, 0.717) is 12.5 Å². The maximum Gasteiger partial charge on any atom is 0.421 e. The van der Waals surface area contributed by atoms with Crippen molar-refractivity contribution in [3.63, 3.8) is 0 Å². The standard InChI is InChI=1S/C22H29F3N2O3/c1-20(30,22(23,24)25)16-4-2-15(3-5-16)19(29)27(17-6-7-17)18-8-12-26(13-9-18)21(14-28)10-11-21/h2-5,17-18,28,30H,6-14H2,1H3/t20-/m0/s1. The minimum atomic E-state index is -4.79. The second-order valence-corrected chi connectivity index (χ2v) is 9.19. The number of nitrogens with zero attached hydrogens (tertiary/aromatic N) is 2. The molecule has 2 N–H and O–H groups in total. The molecule has 5 nitrogen and oxygen atoms in total. The second-order valence-electron chi connectivity index (χ2n) is 9.19. The van der Waals surface area contributed by atoms with E-state index in [0.717, 1.165) is 51.6 Å². The fraction of sp³-hybridized carbons (Fsp3) is 0.682. The first-order valence-corrected chi connectivity index (χ1v) is 10.7. The first-order chi connectivity index (χ1) is 14.1. The first-order valence-electron chi connectivity index (χ1n) is 10.7. The minimum Gasteiger partial charge on any atom is -0.394 e. The number of piperidine rings is 1. The molecule has 1 aromatic rings. The van der Waals surface area contributed by atoms with Crippen molar-refractivity contribution < 1.29 is 28.2 Å². The SMILES string of the molecule is C[C@](O)(c1ccc(C(=O)N(C2CC2)C2CCN(C3(CO)CC3)CC2)cc1)C(F)(F)F. The molecule has 2 aliphatic carbocycles. The molecule has 30 heavy (non-hydrogen) atoms. The monoisotopic (exact) mass is 426 g/mol. The summed E-state index contributed by atoms with van der Waals surface area (Å²) in [4.78, 5) is 17.5. The average molecular weight is 426 g/mol. The number of likely N-dealkylation sites (tertiary alicyclic amines) is 1. The van der Waals surface area contributed by atoms with E-state index < -0.39 is 11.8 Å². The van der Waals surface area contributed by atoms with Crippen molar-refractivity contribution >= 4 is 5.91 Å². The van der Waals surface area contributed by atoms with Crippen LogP contribution in [0.4, 0.5) is 13.2 Å². The van der Waals surface area contributed by atoms with E-state index in [1.807, 2.05) is 4.90 Å². The van der Waals surface area contributed by atoms with E-state index in [9.17, 15) is 28.2 Å². The summed E-state index contributed by atoms with van der Waals surface area (Å²) in [7, 11) is 0. The minimum absolute atomic E-state index is 0.0509. The predicted molar refractivity (Wildman–Crippen MR) is 105 cm³/mol. The Balaban J connectivity index is 1.46. The number of benzene rings is 1. The van der Waals surface area contributed by atoms with Crippen LogP contribution in [0.3, 0.4) is 0 Å². The lowest BCUT2D eigenvalue weighted by molar-refractivity contribution is -0.258. The molecule has 1 amide bonds. The number of hydrogen-bond donors (Lipinski definition) is 2. The zero-order valence-electron chi connectivity index (χ0n) is 17.2. The van der Waals surface area contributed by atoms with Crippen LogP contribution in [-0.4, -0.2) is 69.4 Å². The molecule has 3 aliphatic rings. The Bertz CT molecular complexity index is 778. The highest BCUT2D eigenvalue weighted by molar-refractivity contribution is 5.95. The molecule has 1 saturated heterocycles. The zero-order valence-corrected chi connectivity index (χ0v) is 17.2. The Kier molecular flexibility index (Phi) is 5.39. The van der Waals surface area contributed by atoms with E-state index in [4.69, 9.17) is 0 Å². The van der Waals surface area contributed by atoms with Gasteiger partial charge in [-0.25, -0.2) is 0 Å². The Labute approximate surface area is 174 Å². The molecule has 166 valence electrons. The van der Waals surface area contributed by atoms with Crippen LogP contribution in [0.1, 0.15) is 61.4 Å². The van der Waals surface area contributed by atoms with E-state index in [1.165, 1.54) is 24.3 Å². The third-order valence-corrected chi connectivity index (χ3v) is 7.07. The molecular formula is C22H29F3N2O3. The Morgan fingerprint density at radius 2 is 1.63 bits per heavy atom. The van der Waals surface area contributed by atoms with Crippen LogP contribution < -0.4 is 0 Å². The van der Waals surface area contributed by atoms with Gasteiger partial charge < -0.3 is 15.1 Å². The van der Waals surface area contributed by atoms with Crippen LogP contribution in [-0.2, 0) is 5.60 Å². The van der Waals surface area contributed by atoms with Crippen LogP contribution in [0.5, 0.6) is 0 Å². The van der Waals surface area contributed by atoms with E-state index in [1.54, 1.807) is 0 Å².